The normalized spacial score (nSPS) is 37.1. The van der Waals surface area contributed by atoms with Crippen LogP contribution in [0, 0.1) is 30.1 Å². The van der Waals surface area contributed by atoms with E-state index in [0.717, 1.165) is 23.7 Å². The molecule has 0 heterocycles. The van der Waals surface area contributed by atoms with Gasteiger partial charge in [0.05, 0.1) is 0 Å². The van der Waals surface area contributed by atoms with Crippen LogP contribution in [0.4, 0.5) is 0 Å². The molecule has 2 aliphatic carbocycles. The minimum absolute atomic E-state index is 0.829. The van der Waals surface area contributed by atoms with Crippen LogP contribution < -0.4 is 0 Å². The summed E-state index contributed by atoms with van der Waals surface area (Å²) in [6.07, 6.45) is 19.3. The van der Waals surface area contributed by atoms with Gasteiger partial charge in [0.15, 0.2) is 0 Å². The van der Waals surface area contributed by atoms with Crippen molar-refractivity contribution < 1.29 is 0 Å². The molecule has 0 spiro atoms. The van der Waals surface area contributed by atoms with Crippen LogP contribution in [0.3, 0.4) is 0 Å². The Morgan fingerprint density at radius 2 is 1.33 bits per heavy atom. The first-order valence-corrected chi connectivity index (χ1v) is 7.90. The molecule has 0 aromatic heterocycles. The third-order valence-electron chi connectivity index (χ3n) is 5.28. The van der Waals surface area contributed by atoms with Crippen LogP contribution in [-0.2, 0) is 0 Å². The average Bonchev–Trinajstić information content (AvgIpc) is 2.41. The number of hydrogen-bond donors (Lipinski definition) is 0. The Morgan fingerprint density at radius 3 is 1.83 bits per heavy atom. The van der Waals surface area contributed by atoms with Gasteiger partial charge in [-0.25, -0.2) is 0 Å². The van der Waals surface area contributed by atoms with Gasteiger partial charge >= 0.3 is 0 Å². The highest BCUT2D eigenvalue weighted by atomic mass is 14.4. The van der Waals surface area contributed by atoms with Gasteiger partial charge in [-0.3, -0.25) is 0 Å². The van der Waals surface area contributed by atoms with Crippen molar-refractivity contribution in [2.24, 2.45) is 23.7 Å². The summed E-state index contributed by atoms with van der Waals surface area (Å²) in [7, 11) is 0. The van der Waals surface area contributed by atoms with Crippen molar-refractivity contribution in [2.75, 3.05) is 0 Å². The van der Waals surface area contributed by atoms with Crippen LogP contribution in [0.15, 0.2) is 25.3 Å². The molecule has 0 nitrogen and oxygen atoms in total. The van der Waals surface area contributed by atoms with Crippen molar-refractivity contribution >= 4 is 0 Å². The van der Waals surface area contributed by atoms with Crippen LogP contribution in [0.5, 0.6) is 0 Å². The lowest BCUT2D eigenvalue weighted by atomic mass is 9.68. The maximum Gasteiger partial charge on any atom is -0.0142 e. The summed E-state index contributed by atoms with van der Waals surface area (Å²) in [4.78, 5) is 0. The Bertz CT molecular complexity index is 221. The molecule has 0 aromatic rings. The maximum atomic E-state index is 3.88. The Hall–Kier alpha value is -0.520. The third-order valence-corrected chi connectivity index (χ3v) is 5.28. The molecule has 2 rings (SSSR count). The Balaban J connectivity index is 1.71. The second-order valence-electron chi connectivity index (χ2n) is 6.41. The molecule has 0 atom stereocenters. The first-order valence-electron chi connectivity index (χ1n) is 7.90. The molecule has 2 saturated carbocycles. The molecule has 0 N–H and O–H groups in total. The summed E-state index contributed by atoms with van der Waals surface area (Å²) in [5, 5.41) is 0. The molecule has 2 aliphatic rings. The molecule has 0 unspecified atom stereocenters. The molecule has 1 radical (unpaired) electrons. The minimum atomic E-state index is 0.829. The van der Waals surface area contributed by atoms with Crippen molar-refractivity contribution in [3.05, 3.63) is 31.7 Å². The molecule has 0 bridgehead atoms. The van der Waals surface area contributed by atoms with Gasteiger partial charge < -0.3 is 0 Å². The molecule has 0 aliphatic heterocycles. The number of allylic oxidation sites excluding steroid dienone is 2. The van der Waals surface area contributed by atoms with Crippen LogP contribution in [0.1, 0.15) is 57.8 Å². The summed E-state index contributed by atoms with van der Waals surface area (Å²) in [6.45, 7) is 7.70. The fraction of sp³-hybridized carbons (Fsp3) is 0.722. The van der Waals surface area contributed by atoms with Crippen LogP contribution in [-0.4, -0.2) is 0 Å². The SMILES string of the molecule is C=C[CH]C1CCC(C2CCC(CC=C)CC2)CC1. The molecule has 0 amide bonds. The topological polar surface area (TPSA) is 0 Å². The highest BCUT2D eigenvalue weighted by Crippen LogP contribution is 2.42. The van der Waals surface area contributed by atoms with Gasteiger partial charge in [-0.05, 0) is 87.9 Å². The van der Waals surface area contributed by atoms with E-state index < -0.39 is 0 Å². The van der Waals surface area contributed by atoms with E-state index in [9.17, 15) is 0 Å². The summed E-state index contributed by atoms with van der Waals surface area (Å²) in [5.74, 6) is 3.85. The highest BCUT2D eigenvalue weighted by Gasteiger charge is 2.30. The lowest BCUT2D eigenvalue weighted by molar-refractivity contribution is 0.154. The van der Waals surface area contributed by atoms with E-state index in [0.29, 0.717) is 0 Å². The standard InChI is InChI=1S/C18H29/c1-3-5-15-7-11-17(12-8-15)18-13-9-16(6-4-2)10-14-18/h3-5,15-18H,1-2,6-14H2. The van der Waals surface area contributed by atoms with Crippen molar-refractivity contribution in [3.63, 3.8) is 0 Å². The summed E-state index contributed by atoms with van der Waals surface area (Å²) in [6, 6.07) is 0. The van der Waals surface area contributed by atoms with E-state index in [2.05, 4.69) is 25.7 Å². The van der Waals surface area contributed by atoms with E-state index in [1.807, 2.05) is 6.08 Å². The summed E-state index contributed by atoms with van der Waals surface area (Å²) in [5.41, 5.74) is 0. The lowest BCUT2D eigenvalue weighted by Gasteiger charge is -2.37. The quantitative estimate of drug-likeness (QED) is 0.556. The molecular weight excluding hydrogens is 216 g/mol. The molecule has 0 heteroatoms. The number of rotatable bonds is 5. The van der Waals surface area contributed by atoms with Crippen molar-refractivity contribution in [3.8, 4) is 0 Å². The van der Waals surface area contributed by atoms with Gasteiger partial charge in [0.25, 0.3) is 0 Å². The minimum Gasteiger partial charge on any atom is -0.103 e. The van der Waals surface area contributed by atoms with E-state index in [4.69, 9.17) is 0 Å². The van der Waals surface area contributed by atoms with Gasteiger partial charge in [-0.2, -0.15) is 0 Å². The Morgan fingerprint density at radius 1 is 0.778 bits per heavy atom. The molecule has 0 aromatic carbocycles. The van der Waals surface area contributed by atoms with Crippen LogP contribution in [0.2, 0.25) is 0 Å². The van der Waals surface area contributed by atoms with Crippen LogP contribution in [0.25, 0.3) is 0 Å². The summed E-state index contributed by atoms with van der Waals surface area (Å²) < 4.78 is 0. The second-order valence-corrected chi connectivity index (χ2v) is 6.41. The molecule has 18 heavy (non-hydrogen) atoms. The van der Waals surface area contributed by atoms with Gasteiger partial charge in [-0.1, -0.05) is 12.2 Å². The van der Waals surface area contributed by atoms with Crippen molar-refractivity contribution in [2.45, 2.75) is 57.8 Å². The zero-order valence-electron chi connectivity index (χ0n) is 11.8. The van der Waals surface area contributed by atoms with Gasteiger partial charge in [0.1, 0.15) is 0 Å². The first kappa shape index (κ1) is 13.9. The molecule has 2 fully saturated rings. The second kappa shape index (κ2) is 7.16. The van der Waals surface area contributed by atoms with Crippen molar-refractivity contribution in [1.29, 1.82) is 0 Å². The van der Waals surface area contributed by atoms with Crippen molar-refractivity contribution in [1.82, 2.24) is 0 Å². The zero-order valence-corrected chi connectivity index (χ0v) is 11.8. The Kier molecular flexibility index (Phi) is 5.53. The molecular formula is C18H29. The Labute approximate surface area is 114 Å². The van der Waals surface area contributed by atoms with Gasteiger partial charge in [0.2, 0.25) is 0 Å². The van der Waals surface area contributed by atoms with E-state index in [1.54, 1.807) is 0 Å². The van der Waals surface area contributed by atoms with Crippen LogP contribution >= 0.6 is 0 Å². The predicted octanol–water partition coefficient (Wildman–Crippen LogP) is 5.57. The number of hydrogen-bond acceptors (Lipinski definition) is 0. The fourth-order valence-corrected chi connectivity index (χ4v) is 4.13. The largest absolute Gasteiger partial charge is 0.103 e. The van der Waals surface area contributed by atoms with E-state index in [1.165, 1.54) is 57.8 Å². The first-order chi connectivity index (χ1) is 8.83. The predicted molar refractivity (Wildman–Crippen MR) is 80.2 cm³/mol. The zero-order chi connectivity index (χ0) is 12.8. The maximum absolute atomic E-state index is 3.88. The molecule has 0 saturated heterocycles. The van der Waals surface area contributed by atoms with Gasteiger partial charge in [0, 0.05) is 0 Å². The average molecular weight is 245 g/mol. The fourth-order valence-electron chi connectivity index (χ4n) is 4.13. The highest BCUT2D eigenvalue weighted by molar-refractivity contribution is 4.95. The summed E-state index contributed by atoms with van der Waals surface area (Å²) >= 11 is 0. The van der Waals surface area contributed by atoms with E-state index >= 15 is 0 Å². The molecule has 101 valence electrons. The monoisotopic (exact) mass is 245 g/mol. The van der Waals surface area contributed by atoms with E-state index in [-0.39, 0.29) is 0 Å². The van der Waals surface area contributed by atoms with Gasteiger partial charge in [-0.15, -0.1) is 13.2 Å². The third kappa shape index (κ3) is 3.73. The smallest absolute Gasteiger partial charge is 0.0142 e. The lowest BCUT2D eigenvalue weighted by Crippen LogP contribution is -2.25.